The second kappa shape index (κ2) is 10.5. The van der Waals surface area contributed by atoms with Crippen molar-refractivity contribution >= 4 is 18.0 Å². The molecule has 1 heterocycles. The number of piperidine rings is 1. The molecular weight excluding hydrogens is 444 g/mol. The molecule has 0 radical (unpaired) electrons. The van der Waals surface area contributed by atoms with Gasteiger partial charge in [-0.1, -0.05) is 61.9 Å². The Morgan fingerprint density at radius 3 is 2.34 bits per heavy atom. The summed E-state index contributed by atoms with van der Waals surface area (Å²) in [7, 11) is 0. The Morgan fingerprint density at radius 2 is 1.74 bits per heavy atom. The lowest BCUT2D eigenvalue weighted by Gasteiger charge is -2.38. The number of benzene rings is 2. The van der Waals surface area contributed by atoms with Gasteiger partial charge < -0.3 is 20.1 Å². The fourth-order valence-corrected chi connectivity index (χ4v) is 5.24. The smallest absolute Gasteiger partial charge is 0.407 e. The summed E-state index contributed by atoms with van der Waals surface area (Å²) in [5, 5.41) is 12.3. The molecule has 2 aromatic rings. The van der Waals surface area contributed by atoms with Gasteiger partial charge in [-0.25, -0.2) is 4.79 Å². The molecule has 2 amide bonds. The molecule has 0 saturated carbocycles. The first-order valence-electron chi connectivity index (χ1n) is 12.4. The van der Waals surface area contributed by atoms with Crippen LogP contribution >= 0.6 is 0 Å². The van der Waals surface area contributed by atoms with E-state index in [0.717, 1.165) is 17.5 Å². The molecular formula is C28H34N2O5. The van der Waals surface area contributed by atoms with Gasteiger partial charge in [-0.2, -0.15) is 0 Å². The molecule has 0 aromatic heterocycles. The third-order valence-corrected chi connectivity index (χ3v) is 7.48. The van der Waals surface area contributed by atoms with Crippen molar-refractivity contribution in [3.8, 4) is 11.1 Å². The zero-order valence-electron chi connectivity index (χ0n) is 20.5. The lowest BCUT2D eigenvalue weighted by Crippen LogP contribution is -2.49. The molecule has 7 nitrogen and oxygen atoms in total. The molecule has 186 valence electrons. The zero-order chi connectivity index (χ0) is 25.0. The van der Waals surface area contributed by atoms with Crippen molar-refractivity contribution in [3.63, 3.8) is 0 Å². The average Bonchev–Trinajstić information content (AvgIpc) is 3.18. The van der Waals surface area contributed by atoms with Crippen LogP contribution in [0.5, 0.6) is 0 Å². The van der Waals surface area contributed by atoms with Gasteiger partial charge in [-0.15, -0.1) is 0 Å². The number of carboxylic acids is 1. The number of aliphatic carboxylic acids is 1. The number of ether oxygens (including phenoxy) is 1. The summed E-state index contributed by atoms with van der Waals surface area (Å²) in [4.78, 5) is 38.6. The van der Waals surface area contributed by atoms with Gasteiger partial charge >= 0.3 is 12.1 Å². The minimum atomic E-state index is -0.894. The summed E-state index contributed by atoms with van der Waals surface area (Å²) in [6.45, 7) is 5.08. The van der Waals surface area contributed by atoms with E-state index in [4.69, 9.17) is 4.74 Å². The minimum absolute atomic E-state index is 0.000605. The van der Waals surface area contributed by atoms with Crippen LogP contribution < -0.4 is 5.32 Å². The second-order valence-electron chi connectivity index (χ2n) is 9.97. The SMILES string of the molecule is CCC(CNC(=O)OCC1c2ccccc2-c2ccccc21)CC(=O)N1CCCC(C)(C(=O)O)C1. The number of hydrogen-bond acceptors (Lipinski definition) is 4. The van der Waals surface area contributed by atoms with E-state index in [9.17, 15) is 19.5 Å². The van der Waals surface area contributed by atoms with Crippen molar-refractivity contribution in [2.24, 2.45) is 11.3 Å². The molecule has 2 N–H and O–H groups in total. The maximum atomic E-state index is 12.8. The number of carbonyl (C=O) groups is 3. The topological polar surface area (TPSA) is 95.9 Å². The molecule has 2 aliphatic rings. The van der Waals surface area contributed by atoms with Crippen LogP contribution in [0.25, 0.3) is 11.1 Å². The van der Waals surface area contributed by atoms with Gasteiger partial charge in [0.05, 0.1) is 5.41 Å². The van der Waals surface area contributed by atoms with Crippen LogP contribution in [-0.2, 0) is 14.3 Å². The molecule has 35 heavy (non-hydrogen) atoms. The molecule has 2 aromatic carbocycles. The Morgan fingerprint density at radius 1 is 1.11 bits per heavy atom. The van der Waals surface area contributed by atoms with Crippen LogP contribution in [0.4, 0.5) is 4.79 Å². The van der Waals surface area contributed by atoms with Crippen LogP contribution in [0, 0.1) is 11.3 Å². The second-order valence-corrected chi connectivity index (χ2v) is 9.97. The highest BCUT2D eigenvalue weighted by Crippen LogP contribution is 2.44. The van der Waals surface area contributed by atoms with E-state index in [1.165, 1.54) is 11.1 Å². The van der Waals surface area contributed by atoms with Gasteiger partial charge in [0.15, 0.2) is 0 Å². The molecule has 2 atom stereocenters. The average molecular weight is 479 g/mol. The van der Waals surface area contributed by atoms with E-state index in [2.05, 4.69) is 29.6 Å². The summed E-state index contributed by atoms with van der Waals surface area (Å²) in [5.74, 6) is -0.960. The van der Waals surface area contributed by atoms with Crippen LogP contribution in [0.1, 0.15) is 56.6 Å². The van der Waals surface area contributed by atoms with Crippen LogP contribution in [0.3, 0.4) is 0 Å². The van der Waals surface area contributed by atoms with Gasteiger partial charge in [0.1, 0.15) is 6.61 Å². The van der Waals surface area contributed by atoms with E-state index in [1.54, 1.807) is 11.8 Å². The molecule has 0 spiro atoms. The molecule has 1 fully saturated rings. The normalized spacial score (nSPS) is 20.0. The highest BCUT2D eigenvalue weighted by atomic mass is 16.5. The molecule has 0 bridgehead atoms. The monoisotopic (exact) mass is 478 g/mol. The quantitative estimate of drug-likeness (QED) is 0.576. The summed E-state index contributed by atoms with van der Waals surface area (Å²) < 4.78 is 5.60. The van der Waals surface area contributed by atoms with E-state index >= 15 is 0 Å². The minimum Gasteiger partial charge on any atom is -0.481 e. The van der Waals surface area contributed by atoms with Crippen molar-refractivity contribution in [2.45, 2.75) is 45.4 Å². The summed E-state index contributed by atoms with van der Waals surface area (Å²) >= 11 is 0. The van der Waals surface area contributed by atoms with Crippen molar-refractivity contribution in [1.29, 1.82) is 0 Å². The van der Waals surface area contributed by atoms with Gasteiger partial charge in [-0.3, -0.25) is 9.59 Å². The van der Waals surface area contributed by atoms with Gasteiger partial charge in [-0.05, 0) is 47.9 Å². The Kier molecular flexibility index (Phi) is 7.43. The number of rotatable bonds is 8. The molecule has 1 saturated heterocycles. The highest BCUT2D eigenvalue weighted by Gasteiger charge is 2.39. The standard InChI is InChI=1S/C28H34N2O5/c1-3-19(15-25(31)30-14-8-13-28(2,18-30)26(32)33)16-29-27(34)35-17-24-22-11-6-4-9-20(22)21-10-5-7-12-23(21)24/h4-7,9-12,19,24H,3,8,13-18H2,1-2H3,(H,29,34)(H,32,33). The first kappa shape index (κ1) is 24.8. The third-order valence-electron chi connectivity index (χ3n) is 7.48. The van der Waals surface area contributed by atoms with E-state index in [1.807, 2.05) is 31.2 Å². The molecule has 1 aliphatic carbocycles. The Labute approximate surface area is 206 Å². The molecule has 2 unspecified atom stereocenters. The number of fused-ring (bicyclic) bond motifs is 3. The fraction of sp³-hybridized carbons (Fsp3) is 0.464. The van der Waals surface area contributed by atoms with E-state index < -0.39 is 17.5 Å². The first-order valence-corrected chi connectivity index (χ1v) is 12.4. The van der Waals surface area contributed by atoms with E-state index in [0.29, 0.717) is 25.9 Å². The number of hydrogen-bond donors (Lipinski definition) is 2. The number of amides is 2. The predicted molar refractivity (Wildman–Crippen MR) is 133 cm³/mol. The van der Waals surface area contributed by atoms with Gasteiger partial charge in [0, 0.05) is 32.0 Å². The fourth-order valence-electron chi connectivity index (χ4n) is 5.24. The van der Waals surface area contributed by atoms with Crippen molar-refractivity contribution in [2.75, 3.05) is 26.2 Å². The van der Waals surface area contributed by atoms with Crippen LogP contribution in [0.2, 0.25) is 0 Å². The number of carboxylic acid groups (broad SMARTS) is 1. The van der Waals surface area contributed by atoms with Gasteiger partial charge in [0.25, 0.3) is 0 Å². The lowest BCUT2D eigenvalue weighted by atomic mass is 9.82. The number of nitrogens with one attached hydrogen (secondary N) is 1. The van der Waals surface area contributed by atoms with Crippen molar-refractivity contribution < 1.29 is 24.2 Å². The Bertz CT molecular complexity index is 1050. The van der Waals surface area contributed by atoms with Crippen molar-refractivity contribution in [1.82, 2.24) is 10.2 Å². The maximum absolute atomic E-state index is 12.8. The van der Waals surface area contributed by atoms with Crippen LogP contribution in [0.15, 0.2) is 48.5 Å². The number of likely N-dealkylation sites (tertiary alicyclic amines) is 1. The van der Waals surface area contributed by atoms with E-state index in [-0.39, 0.29) is 37.3 Å². The molecule has 1 aliphatic heterocycles. The lowest BCUT2D eigenvalue weighted by molar-refractivity contribution is -0.153. The summed E-state index contributed by atoms with van der Waals surface area (Å²) in [6, 6.07) is 16.4. The molecule has 7 heteroatoms. The summed E-state index contributed by atoms with van der Waals surface area (Å²) in [6.07, 6.45) is 1.76. The Hall–Kier alpha value is -3.35. The van der Waals surface area contributed by atoms with Gasteiger partial charge in [0.2, 0.25) is 5.91 Å². The third kappa shape index (κ3) is 5.34. The predicted octanol–water partition coefficient (Wildman–Crippen LogP) is 4.65. The van der Waals surface area contributed by atoms with Crippen LogP contribution in [-0.4, -0.2) is 54.2 Å². The Balaban J connectivity index is 1.28. The van der Waals surface area contributed by atoms with Crippen molar-refractivity contribution in [3.05, 3.63) is 59.7 Å². The number of nitrogens with zero attached hydrogens (tertiary/aromatic N) is 1. The first-order chi connectivity index (χ1) is 16.8. The summed E-state index contributed by atoms with van der Waals surface area (Å²) in [5.41, 5.74) is 3.79. The number of alkyl carbamates (subject to hydrolysis) is 1. The number of carbonyl (C=O) groups excluding carboxylic acids is 2. The molecule has 4 rings (SSSR count). The zero-order valence-corrected chi connectivity index (χ0v) is 20.5. The largest absolute Gasteiger partial charge is 0.481 e. The maximum Gasteiger partial charge on any atom is 0.407 e. The highest BCUT2D eigenvalue weighted by molar-refractivity contribution is 5.80.